The Kier molecular flexibility index (Phi) is 5.68. The van der Waals surface area contributed by atoms with Crippen molar-refractivity contribution < 1.29 is 28.6 Å². The number of hydrogen-bond acceptors (Lipinski definition) is 6. The minimum atomic E-state index is -1.60. The molecule has 1 heterocycles. The second-order valence-corrected chi connectivity index (χ2v) is 7.19. The van der Waals surface area contributed by atoms with Gasteiger partial charge in [0.15, 0.2) is 16.9 Å². The third-order valence-corrected chi connectivity index (χ3v) is 5.22. The smallest absolute Gasteiger partial charge is 0.394 e. The Morgan fingerprint density at radius 1 is 1.22 bits per heavy atom. The average Bonchev–Trinajstić information content (AvgIpc) is 3.17. The molecule has 0 saturated heterocycles. The lowest BCUT2D eigenvalue weighted by Crippen LogP contribution is -2.21. The molecule has 1 amide bonds. The van der Waals surface area contributed by atoms with Gasteiger partial charge in [0, 0.05) is 22.9 Å². The molecule has 0 spiro atoms. The van der Waals surface area contributed by atoms with Crippen molar-refractivity contribution in [1.29, 1.82) is 0 Å². The molecular formula is C24H21NO7. The molecule has 0 saturated carbocycles. The number of amides is 1. The van der Waals surface area contributed by atoms with E-state index in [9.17, 15) is 14.4 Å². The average molecular weight is 435 g/mol. The Hall–Kier alpha value is -4.07. The highest BCUT2D eigenvalue weighted by atomic mass is 16.5. The topological polar surface area (TPSA) is 115 Å². The van der Waals surface area contributed by atoms with Crippen molar-refractivity contribution in [1.82, 2.24) is 0 Å². The van der Waals surface area contributed by atoms with E-state index in [0.29, 0.717) is 47.7 Å². The van der Waals surface area contributed by atoms with Crippen LogP contribution in [0.15, 0.2) is 45.6 Å². The summed E-state index contributed by atoms with van der Waals surface area (Å²) in [7, 11) is 1.57. The Balaban J connectivity index is 1.80. The van der Waals surface area contributed by atoms with Crippen molar-refractivity contribution in [3.05, 3.63) is 63.5 Å². The van der Waals surface area contributed by atoms with Crippen LogP contribution in [-0.4, -0.2) is 30.7 Å². The van der Waals surface area contributed by atoms with Gasteiger partial charge in [-0.15, -0.1) is 0 Å². The first-order chi connectivity index (χ1) is 15.4. The fourth-order valence-corrected chi connectivity index (χ4v) is 3.81. The summed E-state index contributed by atoms with van der Waals surface area (Å²) in [5.74, 6) is -1.07. The van der Waals surface area contributed by atoms with E-state index in [1.54, 1.807) is 7.11 Å². The molecule has 8 nitrogen and oxygen atoms in total. The maximum Gasteiger partial charge on any atom is 0.394 e. The number of carbonyl (C=O) groups is 2. The van der Waals surface area contributed by atoms with Gasteiger partial charge in [-0.1, -0.05) is 12.1 Å². The highest BCUT2D eigenvalue weighted by Crippen LogP contribution is 2.38. The third kappa shape index (κ3) is 3.82. The number of rotatable bonds is 5. The van der Waals surface area contributed by atoms with Crippen molar-refractivity contribution in [2.75, 3.05) is 19.0 Å². The lowest BCUT2D eigenvalue weighted by atomic mass is 10.1. The molecule has 164 valence electrons. The van der Waals surface area contributed by atoms with Gasteiger partial charge in [-0.05, 0) is 49.6 Å². The van der Waals surface area contributed by atoms with Gasteiger partial charge in [-0.3, -0.25) is 9.59 Å². The van der Waals surface area contributed by atoms with Crippen molar-refractivity contribution in [3.8, 4) is 11.5 Å². The van der Waals surface area contributed by atoms with Crippen LogP contribution in [0.1, 0.15) is 30.2 Å². The molecule has 2 aromatic carbocycles. The summed E-state index contributed by atoms with van der Waals surface area (Å²) in [5.41, 5.74) is 2.57. The van der Waals surface area contributed by atoms with E-state index in [4.69, 9.17) is 19.0 Å². The molecule has 0 radical (unpaired) electrons. The largest absolute Gasteiger partial charge is 0.492 e. The molecule has 1 aliphatic carbocycles. The van der Waals surface area contributed by atoms with E-state index in [-0.39, 0.29) is 16.7 Å². The van der Waals surface area contributed by atoms with Gasteiger partial charge >= 0.3 is 11.9 Å². The van der Waals surface area contributed by atoms with Gasteiger partial charge in [-0.2, -0.15) is 0 Å². The normalized spacial score (nSPS) is 13.8. The van der Waals surface area contributed by atoms with Crippen molar-refractivity contribution in [2.45, 2.75) is 19.8 Å². The zero-order chi connectivity index (χ0) is 22.8. The Bertz CT molecular complexity index is 1320. The molecule has 0 unspecified atom stereocenters. The van der Waals surface area contributed by atoms with Gasteiger partial charge in [0.2, 0.25) is 0 Å². The highest BCUT2D eigenvalue weighted by molar-refractivity contribution is 6.36. The van der Waals surface area contributed by atoms with Gasteiger partial charge in [-0.25, -0.2) is 4.79 Å². The van der Waals surface area contributed by atoms with Crippen LogP contribution in [0.5, 0.6) is 11.5 Å². The molecule has 32 heavy (non-hydrogen) atoms. The Labute approximate surface area is 183 Å². The number of methoxy groups -OCH3 is 1. The number of fused-ring (bicyclic) bond motifs is 2. The van der Waals surface area contributed by atoms with Crippen LogP contribution in [0.3, 0.4) is 0 Å². The number of carboxylic acid groups (broad SMARTS) is 1. The third-order valence-electron chi connectivity index (χ3n) is 5.22. The number of para-hydroxylation sites is 1. The fourth-order valence-electron chi connectivity index (χ4n) is 3.81. The summed E-state index contributed by atoms with van der Waals surface area (Å²) in [5, 5.41) is 11.4. The van der Waals surface area contributed by atoms with Crippen LogP contribution in [-0.2, 0) is 16.0 Å². The molecule has 0 atom stereocenters. The number of carbonyl (C=O) groups excluding carboxylic acids is 1. The highest BCUT2D eigenvalue weighted by Gasteiger charge is 2.25. The van der Waals surface area contributed by atoms with E-state index in [1.165, 1.54) is 18.2 Å². The minimum absolute atomic E-state index is 0.143. The van der Waals surface area contributed by atoms with Gasteiger partial charge in [0.05, 0.1) is 19.1 Å². The van der Waals surface area contributed by atoms with Crippen LogP contribution in [0.25, 0.3) is 22.6 Å². The summed E-state index contributed by atoms with van der Waals surface area (Å²) < 4.78 is 17.2. The zero-order valence-corrected chi connectivity index (χ0v) is 17.6. The first-order valence-corrected chi connectivity index (χ1v) is 10.1. The lowest BCUT2D eigenvalue weighted by Gasteiger charge is -2.12. The standard InChI is InChI=1S/C24H21NO7/c1-3-31-18-6-4-5-13(22(18)30-2)11-14-7-9-17-20(26)16-10-8-15(25-23(27)24(28)29)12-19(16)32-21(14)17/h4-6,8,10-12H,3,7,9H2,1-2H3,(H,25,27)(H,28,29). The van der Waals surface area contributed by atoms with E-state index >= 15 is 0 Å². The molecule has 0 aliphatic heterocycles. The first-order valence-electron chi connectivity index (χ1n) is 10.1. The first kappa shape index (κ1) is 21.2. The number of nitrogens with one attached hydrogen (secondary N) is 1. The molecule has 1 aliphatic rings. The van der Waals surface area contributed by atoms with Gasteiger partial charge in [0.25, 0.3) is 0 Å². The molecule has 0 fully saturated rings. The van der Waals surface area contributed by atoms with Crippen LogP contribution in [0, 0.1) is 0 Å². The SMILES string of the molecule is CCOc1cccc(C=C2CCc3c2oc2cc(NC(=O)C(=O)O)ccc2c3=O)c1OC. The summed E-state index contributed by atoms with van der Waals surface area (Å²) in [6.45, 7) is 2.39. The number of ether oxygens (including phenoxy) is 2. The van der Waals surface area contributed by atoms with E-state index in [0.717, 1.165) is 11.1 Å². The second kappa shape index (κ2) is 8.58. The molecule has 3 aromatic rings. The number of allylic oxidation sites excluding steroid dienone is 1. The van der Waals surface area contributed by atoms with E-state index < -0.39 is 11.9 Å². The number of aliphatic carboxylic acids is 1. The van der Waals surface area contributed by atoms with Gasteiger partial charge < -0.3 is 24.3 Å². The van der Waals surface area contributed by atoms with Crippen molar-refractivity contribution in [3.63, 3.8) is 0 Å². The Morgan fingerprint density at radius 3 is 2.75 bits per heavy atom. The van der Waals surface area contributed by atoms with Crippen LogP contribution >= 0.6 is 0 Å². The van der Waals surface area contributed by atoms with E-state index in [2.05, 4.69) is 5.32 Å². The zero-order valence-electron chi connectivity index (χ0n) is 17.6. The quantitative estimate of drug-likeness (QED) is 0.587. The molecule has 0 bridgehead atoms. The second-order valence-electron chi connectivity index (χ2n) is 7.19. The van der Waals surface area contributed by atoms with Crippen molar-refractivity contribution >= 4 is 40.2 Å². The minimum Gasteiger partial charge on any atom is -0.492 e. The van der Waals surface area contributed by atoms with Crippen molar-refractivity contribution in [2.24, 2.45) is 0 Å². The summed E-state index contributed by atoms with van der Waals surface area (Å²) >= 11 is 0. The molecule has 2 N–H and O–H groups in total. The molecule has 4 rings (SSSR count). The van der Waals surface area contributed by atoms with Crippen LogP contribution < -0.4 is 20.2 Å². The maximum atomic E-state index is 13.0. The molecular weight excluding hydrogens is 414 g/mol. The fraction of sp³-hybridized carbons (Fsp3) is 0.208. The number of carboxylic acids is 1. The summed E-state index contributed by atoms with van der Waals surface area (Å²) in [6.07, 6.45) is 3.08. The Morgan fingerprint density at radius 2 is 2.03 bits per heavy atom. The maximum absolute atomic E-state index is 13.0. The number of hydrogen-bond donors (Lipinski definition) is 2. The van der Waals surface area contributed by atoms with E-state index in [1.807, 2.05) is 31.2 Å². The lowest BCUT2D eigenvalue weighted by molar-refractivity contribution is -0.147. The number of anilines is 1. The number of benzene rings is 2. The van der Waals surface area contributed by atoms with Crippen LogP contribution in [0.4, 0.5) is 5.69 Å². The predicted octanol–water partition coefficient (Wildman–Crippen LogP) is 3.71. The summed E-state index contributed by atoms with van der Waals surface area (Å²) in [4.78, 5) is 35.3. The monoisotopic (exact) mass is 435 g/mol. The molecule has 8 heteroatoms. The van der Waals surface area contributed by atoms with Gasteiger partial charge in [0.1, 0.15) is 11.3 Å². The summed E-state index contributed by atoms with van der Waals surface area (Å²) in [6, 6.07) is 10.0. The van der Waals surface area contributed by atoms with Crippen LogP contribution in [0.2, 0.25) is 0 Å². The predicted molar refractivity (Wildman–Crippen MR) is 119 cm³/mol. The molecule has 1 aromatic heterocycles.